The molecule has 1 saturated heterocycles. The van der Waals surface area contributed by atoms with Crippen LogP contribution in [-0.2, 0) is 13.0 Å². The molecule has 3 heterocycles. The van der Waals surface area contributed by atoms with Crippen molar-refractivity contribution in [1.82, 2.24) is 20.3 Å². The molecule has 4 rings (SSSR count). The average Bonchev–Trinajstić information content (AvgIpc) is 3.42. The lowest BCUT2D eigenvalue weighted by molar-refractivity contribution is 0.206. The smallest absolute Gasteiger partial charge is 0.154 e. The fourth-order valence-electron chi connectivity index (χ4n) is 3.88. The largest absolute Gasteiger partial charge is 0.359 e. The van der Waals surface area contributed by atoms with Crippen LogP contribution in [0, 0.1) is 0 Å². The molecule has 0 bridgehead atoms. The molecule has 0 aliphatic carbocycles. The Labute approximate surface area is 160 Å². The van der Waals surface area contributed by atoms with Gasteiger partial charge in [-0.1, -0.05) is 50.2 Å². The normalized spacial score (nSPS) is 17.9. The van der Waals surface area contributed by atoms with Gasteiger partial charge in [-0.2, -0.15) is 5.10 Å². The van der Waals surface area contributed by atoms with Gasteiger partial charge in [0, 0.05) is 18.2 Å². The molecule has 5 nitrogen and oxygen atoms in total. The van der Waals surface area contributed by atoms with Crippen LogP contribution in [0.25, 0.3) is 11.3 Å². The highest BCUT2D eigenvalue weighted by atomic mass is 16.5. The first-order valence-electron chi connectivity index (χ1n) is 9.97. The van der Waals surface area contributed by atoms with Crippen molar-refractivity contribution in [1.29, 1.82) is 0 Å². The van der Waals surface area contributed by atoms with Gasteiger partial charge in [0.15, 0.2) is 5.76 Å². The Balaban J connectivity index is 1.54. The van der Waals surface area contributed by atoms with Crippen LogP contribution >= 0.6 is 0 Å². The lowest BCUT2D eigenvalue weighted by Crippen LogP contribution is -2.22. The van der Waals surface area contributed by atoms with Crippen LogP contribution in [0.1, 0.15) is 68.2 Å². The first-order chi connectivity index (χ1) is 13.2. The second-order valence-corrected chi connectivity index (χ2v) is 7.76. The minimum absolute atomic E-state index is 0.301. The minimum atomic E-state index is 0.301. The Morgan fingerprint density at radius 1 is 1.26 bits per heavy atom. The number of aryl methyl sites for hydroxylation is 1. The number of nitrogens with zero attached hydrogens (tertiary/aromatic N) is 3. The molecule has 0 radical (unpaired) electrons. The van der Waals surface area contributed by atoms with Crippen molar-refractivity contribution >= 4 is 0 Å². The van der Waals surface area contributed by atoms with Gasteiger partial charge in [0.05, 0.1) is 23.6 Å². The molecule has 1 aliphatic heterocycles. The maximum Gasteiger partial charge on any atom is 0.154 e. The SMILES string of the molecule is CCc1ccc(-c2[nH]ncc2CN2CCCC2c2cc(C(C)C)no2)cc1. The molecule has 1 atom stereocenters. The molecule has 1 unspecified atom stereocenters. The second-order valence-electron chi connectivity index (χ2n) is 7.76. The van der Waals surface area contributed by atoms with Crippen LogP contribution in [0.2, 0.25) is 0 Å². The Bertz CT molecular complexity index is 878. The molecule has 0 saturated carbocycles. The third-order valence-electron chi connectivity index (χ3n) is 5.57. The molecule has 1 aliphatic rings. The monoisotopic (exact) mass is 364 g/mol. The van der Waals surface area contributed by atoms with Gasteiger partial charge in [0.1, 0.15) is 0 Å². The molecule has 1 fully saturated rings. The van der Waals surface area contributed by atoms with Crippen molar-refractivity contribution in [2.24, 2.45) is 0 Å². The summed E-state index contributed by atoms with van der Waals surface area (Å²) in [5.74, 6) is 1.39. The molecule has 0 amide bonds. The number of aromatic nitrogens is 3. The number of rotatable bonds is 6. The molecule has 3 aromatic rings. The summed E-state index contributed by atoms with van der Waals surface area (Å²) in [5, 5.41) is 11.8. The number of benzene rings is 1. The first-order valence-corrected chi connectivity index (χ1v) is 9.97. The van der Waals surface area contributed by atoms with E-state index in [9.17, 15) is 0 Å². The van der Waals surface area contributed by atoms with E-state index in [0.29, 0.717) is 12.0 Å². The number of aromatic amines is 1. The van der Waals surface area contributed by atoms with Gasteiger partial charge < -0.3 is 4.52 Å². The maximum atomic E-state index is 5.68. The summed E-state index contributed by atoms with van der Waals surface area (Å²) in [6.07, 6.45) is 5.31. The predicted molar refractivity (Wildman–Crippen MR) is 106 cm³/mol. The highest BCUT2D eigenvalue weighted by molar-refractivity contribution is 5.62. The molecule has 0 spiro atoms. The average molecular weight is 364 g/mol. The van der Waals surface area contributed by atoms with Crippen molar-refractivity contribution in [2.45, 2.75) is 58.5 Å². The standard InChI is InChI=1S/C22H28N4O/c1-4-16-7-9-17(10-8-16)22-18(13-23-24-22)14-26-11-5-6-20(26)21-12-19(15(2)3)25-27-21/h7-10,12-13,15,20H,4-6,11,14H2,1-3H3,(H,23,24). The van der Waals surface area contributed by atoms with Gasteiger partial charge in [0.2, 0.25) is 0 Å². The molecule has 1 aromatic carbocycles. The van der Waals surface area contributed by atoms with Crippen LogP contribution < -0.4 is 0 Å². The Morgan fingerprint density at radius 2 is 2.07 bits per heavy atom. The highest BCUT2D eigenvalue weighted by Gasteiger charge is 2.30. The fourth-order valence-corrected chi connectivity index (χ4v) is 3.88. The zero-order chi connectivity index (χ0) is 18.8. The van der Waals surface area contributed by atoms with Crippen LogP contribution in [0.5, 0.6) is 0 Å². The summed E-state index contributed by atoms with van der Waals surface area (Å²) in [6.45, 7) is 8.41. The van der Waals surface area contributed by atoms with E-state index in [1.165, 1.54) is 23.1 Å². The summed E-state index contributed by atoms with van der Waals surface area (Å²) in [5.41, 5.74) is 5.93. The summed E-state index contributed by atoms with van der Waals surface area (Å²) < 4.78 is 5.68. The predicted octanol–water partition coefficient (Wildman–Crippen LogP) is 5.09. The van der Waals surface area contributed by atoms with Gasteiger partial charge in [-0.25, -0.2) is 0 Å². The summed E-state index contributed by atoms with van der Waals surface area (Å²) in [4.78, 5) is 2.49. The van der Waals surface area contributed by atoms with Crippen molar-refractivity contribution in [3.05, 3.63) is 59.1 Å². The van der Waals surface area contributed by atoms with Gasteiger partial charge in [0.25, 0.3) is 0 Å². The summed E-state index contributed by atoms with van der Waals surface area (Å²) in [7, 11) is 0. The number of nitrogens with one attached hydrogen (secondary N) is 1. The van der Waals surface area contributed by atoms with Crippen LogP contribution in [0.3, 0.4) is 0 Å². The van der Waals surface area contributed by atoms with E-state index in [2.05, 4.69) is 71.4 Å². The molecular formula is C22H28N4O. The summed E-state index contributed by atoms with van der Waals surface area (Å²) >= 11 is 0. The van der Waals surface area contributed by atoms with E-state index in [1.807, 2.05) is 6.20 Å². The molecular weight excluding hydrogens is 336 g/mol. The lowest BCUT2D eigenvalue weighted by Gasteiger charge is -2.22. The number of hydrogen-bond donors (Lipinski definition) is 1. The number of H-pyrrole nitrogens is 1. The van der Waals surface area contributed by atoms with Crippen molar-refractivity contribution in [2.75, 3.05) is 6.54 Å². The third-order valence-corrected chi connectivity index (χ3v) is 5.57. The highest BCUT2D eigenvalue weighted by Crippen LogP contribution is 2.35. The van der Waals surface area contributed by atoms with Gasteiger partial charge in [-0.05, 0) is 42.9 Å². The van der Waals surface area contributed by atoms with E-state index in [0.717, 1.165) is 43.1 Å². The van der Waals surface area contributed by atoms with E-state index >= 15 is 0 Å². The van der Waals surface area contributed by atoms with Crippen molar-refractivity contribution < 1.29 is 4.52 Å². The third kappa shape index (κ3) is 3.69. The van der Waals surface area contributed by atoms with Gasteiger partial charge in [-0.15, -0.1) is 0 Å². The topological polar surface area (TPSA) is 58.0 Å². The molecule has 142 valence electrons. The van der Waals surface area contributed by atoms with Gasteiger partial charge >= 0.3 is 0 Å². The zero-order valence-corrected chi connectivity index (χ0v) is 16.4. The van der Waals surface area contributed by atoms with E-state index in [1.54, 1.807) is 0 Å². The van der Waals surface area contributed by atoms with Crippen LogP contribution in [0.4, 0.5) is 0 Å². The van der Waals surface area contributed by atoms with Crippen LogP contribution in [0.15, 0.2) is 41.1 Å². The van der Waals surface area contributed by atoms with Crippen molar-refractivity contribution in [3.63, 3.8) is 0 Å². The van der Waals surface area contributed by atoms with E-state index in [-0.39, 0.29) is 0 Å². The van der Waals surface area contributed by atoms with Crippen molar-refractivity contribution in [3.8, 4) is 11.3 Å². The molecule has 1 N–H and O–H groups in total. The van der Waals surface area contributed by atoms with E-state index in [4.69, 9.17) is 4.52 Å². The molecule has 27 heavy (non-hydrogen) atoms. The number of hydrogen-bond acceptors (Lipinski definition) is 4. The zero-order valence-electron chi connectivity index (χ0n) is 16.4. The maximum absolute atomic E-state index is 5.68. The Morgan fingerprint density at radius 3 is 2.78 bits per heavy atom. The van der Waals surface area contributed by atoms with Gasteiger partial charge in [-0.3, -0.25) is 10.00 Å². The number of likely N-dealkylation sites (tertiary alicyclic amines) is 1. The minimum Gasteiger partial charge on any atom is -0.359 e. The summed E-state index contributed by atoms with van der Waals surface area (Å²) in [6, 6.07) is 11.2. The van der Waals surface area contributed by atoms with Crippen LogP contribution in [-0.4, -0.2) is 26.8 Å². The first kappa shape index (κ1) is 18.0. The Kier molecular flexibility index (Phi) is 5.12. The quantitative estimate of drug-likeness (QED) is 0.662. The molecule has 5 heteroatoms. The Hall–Kier alpha value is -2.40. The second kappa shape index (κ2) is 7.69. The lowest BCUT2D eigenvalue weighted by atomic mass is 10.0. The fraction of sp³-hybridized carbons (Fsp3) is 0.455. The van der Waals surface area contributed by atoms with E-state index < -0.39 is 0 Å². The molecule has 2 aromatic heterocycles.